The molecule has 20 heteroatoms. The summed E-state index contributed by atoms with van der Waals surface area (Å²) in [5.41, 5.74) is 13.5. The number of carbonyl (C=O) groups excluding carboxylic acids is 4. The van der Waals surface area contributed by atoms with Gasteiger partial charge in [0.15, 0.2) is 24.5 Å². The molecule has 4 heterocycles. The Balaban J connectivity index is 0.000000331. The Morgan fingerprint density at radius 3 is 0.893 bits per heavy atom. The van der Waals surface area contributed by atoms with Crippen LogP contribution in [0.25, 0.3) is 43.1 Å². The molecule has 0 aromatic heterocycles. The minimum atomic E-state index is -0.255. The van der Waals surface area contributed by atoms with Crippen LogP contribution in [-0.4, -0.2) is 149 Å². The SMILES string of the molecule is CNC(=O)CCN1/C(=C/C=C/C=C/C2=[N+](CCC(=O)NC)c3ccc4ccccc4c3C2(C)C)C(C)(C)c2c1ccc1ccccc21.CNC(=O)CCN1/C(=C/C=C/C=C/C2=[N+](CCC(=O)NC)c3ccc4ccccc4c3C2(C)C)C(C)(C)c2c1ccc1ccccc21.CSSC.CSSC.CSSC.CSSC.[CH3-].[CH3-]. The van der Waals surface area contributed by atoms with E-state index in [1.807, 2.05) is 0 Å². The Morgan fingerprint density at radius 2 is 0.607 bits per heavy atom. The first-order valence-corrected chi connectivity index (χ1v) is 48.9. The summed E-state index contributed by atoms with van der Waals surface area (Å²) < 4.78 is 4.62. The molecule has 4 aliphatic heterocycles. The van der Waals surface area contributed by atoms with Gasteiger partial charge < -0.3 is 45.9 Å². The lowest BCUT2D eigenvalue weighted by Crippen LogP contribution is -2.30. The van der Waals surface area contributed by atoms with Gasteiger partial charge in [-0.25, -0.2) is 0 Å². The first kappa shape index (κ1) is 95.4. The highest BCUT2D eigenvalue weighted by Gasteiger charge is 2.48. The molecular weight excluding hydrogens is 1540 g/mol. The second kappa shape index (κ2) is 45.8. The maximum Gasteiger partial charge on any atom is 0.226 e. The van der Waals surface area contributed by atoms with Gasteiger partial charge in [0.2, 0.25) is 35.0 Å². The molecule has 0 spiro atoms. The van der Waals surface area contributed by atoms with Crippen molar-refractivity contribution in [1.29, 1.82) is 0 Å². The third-order valence-electron chi connectivity index (χ3n) is 20.5. The van der Waals surface area contributed by atoms with Crippen molar-refractivity contribution in [2.45, 2.75) is 103 Å². The average Bonchev–Trinajstić information content (AvgIpc) is 1.60. The van der Waals surface area contributed by atoms with Gasteiger partial charge in [-0.05, 0) is 168 Å². The average molecular weight is 1660 g/mol. The molecule has 12 rings (SSSR count). The summed E-state index contributed by atoms with van der Waals surface area (Å²) in [7, 11) is 20.9. The highest BCUT2D eigenvalue weighted by Crippen LogP contribution is 2.53. The molecule has 8 aromatic rings. The lowest BCUT2D eigenvalue weighted by atomic mass is 9.79. The summed E-state index contributed by atoms with van der Waals surface area (Å²) in [6, 6.07) is 51.6. The molecule has 0 unspecified atom stereocenters. The number of nitrogens with zero attached hydrogens (tertiary/aromatic N) is 4. The van der Waals surface area contributed by atoms with Gasteiger partial charge in [0.05, 0.1) is 23.7 Å². The van der Waals surface area contributed by atoms with E-state index in [2.05, 4.69) is 352 Å². The fourth-order valence-corrected chi connectivity index (χ4v) is 15.2. The van der Waals surface area contributed by atoms with E-state index in [0.717, 1.165) is 45.6 Å². The number of benzene rings is 8. The van der Waals surface area contributed by atoms with Gasteiger partial charge in [-0.1, -0.05) is 260 Å². The highest BCUT2D eigenvalue weighted by molar-refractivity contribution is 8.77. The largest absolute Gasteiger partial charge is 0.359 e. The molecule has 4 aliphatic rings. The van der Waals surface area contributed by atoms with Crippen LogP contribution in [0.1, 0.15) is 103 Å². The summed E-state index contributed by atoms with van der Waals surface area (Å²) in [6.07, 6.45) is 39.5. The smallest absolute Gasteiger partial charge is 0.226 e. The predicted octanol–water partition coefficient (Wildman–Crippen LogP) is 22.3. The minimum absolute atomic E-state index is 0. The number of amides is 4. The van der Waals surface area contributed by atoms with Crippen LogP contribution in [0.4, 0.5) is 22.7 Å². The Kier molecular flexibility index (Phi) is 39.0. The molecule has 0 aliphatic carbocycles. The molecule has 0 radical (unpaired) electrons. The van der Waals surface area contributed by atoms with E-state index < -0.39 is 0 Å². The number of nitrogens with one attached hydrogen (secondary N) is 4. The zero-order valence-electron chi connectivity index (χ0n) is 70.0. The van der Waals surface area contributed by atoms with Crippen LogP contribution in [0, 0.1) is 14.9 Å². The quantitative estimate of drug-likeness (QED) is 0.0222. The number of anilines is 2. The molecule has 0 atom stereocenters. The van der Waals surface area contributed by atoms with E-state index in [1.54, 1.807) is 115 Å². The van der Waals surface area contributed by atoms with Gasteiger partial charge >= 0.3 is 0 Å². The van der Waals surface area contributed by atoms with Crippen molar-refractivity contribution >= 4 is 187 Å². The van der Waals surface area contributed by atoms with Crippen LogP contribution >= 0.6 is 86.4 Å². The van der Waals surface area contributed by atoms with Gasteiger partial charge in [-0.3, -0.25) is 19.2 Å². The summed E-state index contributed by atoms with van der Waals surface area (Å²) >= 11 is 0. The monoisotopic (exact) mass is 1660 g/mol. The number of hydrogen-bond acceptors (Lipinski definition) is 14. The van der Waals surface area contributed by atoms with E-state index in [1.165, 1.54) is 65.3 Å². The Labute approximate surface area is 702 Å². The van der Waals surface area contributed by atoms with Crippen molar-refractivity contribution in [3.8, 4) is 0 Å². The van der Waals surface area contributed by atoms with Gasteiger partial charge in [0.1, 0.15) is 0 Å². The number of rotatable bonds is 22. The van der Waals surface area contributed by atoms with Crippen molar-refractivity contribution in [2.24, 2.45) is 0 Å². The van der Waals surface area contributed by atoms with E-state index in [-0.39, 0.29) is 60.1 Å². The number of carbonyl (C=O) groups is 4. The van der Waals surface area contributed by atoms with Crippen LogP contribution in [0.15, 0.2) is 218 Å². The van der Waals surface area contributed by atoms with Crippen LogP contribution in [0.3, 0.4) is 0 Å². The van der Waals surface area contributed by atoms with Gasteiger partial charge in [0.25, 0.3) is 0 Å². The first-order valence-electron chi connectivity index (χ1n) is 37.0. The zero-order valence-corrected chi connectivity index (χ0v) is 76.5. The fraction of sp³-hybridized carbons (Fsp3) is 0.348. The van der Waals surface area contributed by atoms with Crippen molar-refractivity contribution in [3.63, 3.8) is 0 Å². The normalized spacial score (nSPS) is 15.6. The molecule has 0 fully saturated rings. The van der Waals surface area contributed by atoms with Crippen molar-refractivity contribution in [3.05, 3.63) is 255 Å². The maximum atomic E-state index is 12.3. The molecule has 0 bridgehead atoms. The molecule has 0 saturated carbocycles. The Hall–Kier alpha value is -7.14. The maximum absolute atomic E-state index is 12.3. The summed E-state index contributed by atoms with van der Waals surface area (Å²) in [5.74, 6) is 0.114. The highest BCUT2D eigenvalue weighted by atomic mass is 33.1. The molecule has 0 saturated heterocycles. The van der Waals surface area contributed by atoms with E-state index in [0.29, 0.717) is 51.9 Å². The standard InChI is InChI=1S/2C41H44N4O2.4C2H6S2.2CH3/c2*1-40(2)34(44(26-24-36(46)42-5)32-22-20-28-14-10-12-16-30(28)38(32)40)18-8-7-9-19-35-41(3,4)39-31-17-13-11-15-29(31)21-23-33(39)45(35)27-25-37(47)43-6;4*1-3-4-2;;/h2*7-23H,24-27H2,1-6H3,(H-,42,43,46,47);4*1-2H3;2*1H3/q;;;;;;2*-1/p+2. The van der Waals surface area contributed by atoms with Crippen LogP contribution in [0.2, 0.25) is 0 Å². The molecular formula is C92H120N8O4S8. The second-order valence-corrected chi connectivity index (χ2v) is 38.9. The summed E-state index contributed by atoms with van der Waals surface area (Å²) in [6.45, 7) is 20.6. The fourth-order valence-electron chi connectivity index (χ4n) is 15.2. The lowest BCUT2D eigenvalue weighted by molar-refractivity contribution is -0.436. The van der Waals surface area contributed by atoms with Gasteiger partial charge in [0, 0.05) is 123 Å². The van der Waals surface area contributed by atoms with E-state index >= 15 is 0 Å². The molecule has 12 nitrogen and oxygen atoms in total. The molecule has 4 amide bonds. The lowest BCUT2D eigenvalue weighted by Gasteiger charge is -2.27. The van der Waals surface area contributed by atoms with Gasteiger partial charge in [-0.15, -0.1) is 0 Å². The first-order chi connectivity index (χ1) is 52.8. The third kappa shape index (κ3) is 22.7. The van der Waals surface area contributed by atoms with E-state index in [4.69, 9.17) is 0 Å². The third-order valence-corrected chi connectivity index (χ3v) is 25.8. The molecule has 8 aromatic carbocycles. The molecule has 4 N–H and O–H groups in total. The van der Waals surface area contributed by atoms with Gasteiger partial charge in [-0.2, -0.15) is 9.15 Å². The number of hydrogen-bond donors (Lipinski definition) is 4. The topological polar surface area (TPSA) is 129 Å². The van der Waals surface area contributed by atoms with Crippen LogP contribution in [-0.2, 0) is 40.8 Å². The number of allylic oxidation sites excluding steroid dienone is 12. The number of fused-ring (bicyclic) bond motifs is 12. The Bertz CT molecular complexity index is 4490. The molecule has 112 heavy (non-hydrogen) atoms. The van der Waals surface area contributed by atoms with Crippen molar-refractivity contribution < 1.29 is 28.3 Å². The van der Waals surface area contributed by atoms with Crippen molar-refractivity contribution in [2.75, 3.05) is 114 Å². The van der Waals surface area contributed by atoms with E-state index in [9.17, 15) is 19.2 Å². The summed E-state index contributed by atoms with van der Waals surface area (Å²) in [5, 5.41) is 21.0. The predicted molar refractivity (Wildman–Crippen MR) is 511 cm³/mol. The second-order valence-electron chi connectivity index (χ2n) is 28.2. The minimum Gasteiger partial charge on any atom is -0.359 e. The van der Waals surface area contributed by atoms with Crippen LogP contribution in [0.5, 0.6) is 0 Å². The Morgan fingerprint density at radius 1 is 0.339 bits per heavy atom. The van der Waals surface area contributed by atoms with Crippen LogP contribution < -0.4 is 31.1 Å². The van der Waals surface area contributed by atoms with Crippen molar-refractivity contribution in [1.82, 2.24) is 21.3 Å². The summed E-state index contributed by atoms with van der Waals surface area (Å²) in [4.78, 5) is 53.9. The molecule has 600 valence electrons. The zero-order chi connectivity index (χ0) is 80.3.